The highest BCUT2D eigenvalue weighted by Crippen LogP contribution is 2.18. The molecule has 124 valence electrons. The molecule has 0 aliphatic carbocycles. The van der Waals surface area contributed by atoms with Crippen LogP contribution in [0.15, 0.2) is 65.6 Å². The highest BCUT2D eigenvalue weighted by molar-refractivity contribution is 5.75. The molecule has 7 heteroatoms. The van der Waals surface area contributed by atoms with Crippen molar-refractivity contribution in [3.63, 3.8) is 0 Å². The normalized spacial score (nSPS) is 10.9. The summed E-state index contributed by atoms with van der Waals surface area (Å²) in [5.74, 6) is 0.512. The highest BCUT2D eigenvalue weighted by atomic mass is 16.1. The van der Waals surface area contributed by atoms with E-state index in [0.29, 0.717) is 29.1 Å². The quantitative estimate of drug-likeness (QED) is 0.498. The number of benzene rings is 2. The molecule has 0 amide bonds. The van der Waals surface area contributed by atoms with Crippen LogP contribution in [0.25, 0.3) is 16.7 Å². The van der Waals surface area contributed by atoms with E-state index in [1.54, 1.807) is 4.68 Å². The van der Waals surface area contributed by atoms with Crippen molar-refractivity contribution in [2.24, 2.45) is 0 Å². The second-order valence-electron chi connectivity index (χ2n) is 5.58. The molecule has 0 fully saturated rings. The average molecular weight is 332 g/mol. The van der Waals surface area contributed by atoms with Gasteiger partial charge in [0.05, 0.1) is 29.8 Å². The fraction of sp³-hybridized carbons (Fsp3) is 0.0556. The number of aromatic nitrogens is 4. The van der Waals surface area contributed by atoms with Gasteiger partial charge in [-0.15, -0.1) is 0 Å². The van der Waals surface area contributed by atoms with Crippen LogP contribution in [-0.2, 0) is 6.54 Å². The molecule has 0 aliphatic rings. The van der Waals surface area contributed by atoms with Crippen LogP contribution in [0.1, 0.15) is 5.82 Å². The van der Waals surface area contributed by atoms with E-state index in [1.807, 2.05) is 54.6 Å². The first-order valence-corrected chi connectivity index (χ1v) is 7.83. The zero-order valence-corrected chi connectivity index (χ0v) is 13.3. The minimum atomic E-state index is -0.218. The van der Waals surface area contributed by atoms with Gasteiger partial charge in [-0.2, -0.15) is 5.10 Å². The van der Waals surface area contributed by atoms with Crippen LogP contribution in [0.5, 0.6) is 0 Å². The van der Waals surface area contributed by atoms with Crippen LogP contribution < -0.4 is 16.6 Å². The molecule has 4 aromatic rings. The third-order valence-corrected chi connectivity index (χ3v) is 3.89. The van der Waals surface area contributed by atoms with Crippen molar-refractivity contribution in [2.45, 2.75) is 6.54 Å². The SMILES string of the molecule is Nc1ccccc1NCc1nc2c(cnn2-c2ccccc2)c(=O)[nH]1. The molecule has 4 rings (SSSR count). The first-order chi connectivity index (χ1) is 12.2. The average Bonchev–Trinajstić information content (AvgIpc) is 3.06. The number of hydrogen-bond donors (Lipinski definition) is 3. The number of fused-ring (bicyclic) bond motifs is 1. The van der Waals surface area contributed by atoms with Crippen molar-refractivity contribution < 1.29 is 0 Å². The standard InChI is InChI=1S/C18H16N6O/c19-14-8-4-5-9-15(14)20-11-16-22-17-13(18(25)23-16)10-21-24(17)12-6-2-1-3-7-12/h1-10,20H,11,19H2,(H,22,23,25). The Hall–Kier alpha value is -3.61. The molecule has 2 aromatic carbocycles. The van der Waals surface area contributed by atoms with Crippen molar-refractivity contribution in [3.8, 4) is 5.69 Å². The number of anilines is 2. The summed E-state index contributed by atoms with van der Waals surface area (Å²) in [6.45, 7) is 0.347. The lowest BCUT2D eigenvalue weighted by Crippen LogP contribution is -2.15. The molecular formula is C18H16N6O. The molecule has 0 saturated heterocycles. The molecule has 2 aromatic heterocycles. The summed E-state index contributed by atoms with van der Waals surface area (Å²) in [5.41, 5.74) is 8.50. The molecular weight excluding hydrogens is 316 g/mol. The van der Waals surface area contributed by atoms with Gasteiger partial charge in [0.2, 0.25) is 0 Å². The maximum absolute atomic E-state index is 12.3. The number of H-pyrrole nitrogens is 1. The first-order valence-electron chi connectivity index (χ1n) is 7.83. The van der Waals surface area contributed by atoms with Crippen LogP contribution in [0.4, 0.5) is 11.4 Å². The van der Waals surface area contributed by atoms with Gasteiger partial charge < -0.3 is 16.0 Å². The fourth-order valence-electron chi connectivity index (χ4n) is 2.64. The number of aromatic amines is 1. The van der Waals surface area contributed by atoms with Crippen molar-refractivity contribution in [2.75, 3.05) is 11.1 Å². The molecule has 0 bridgehead atoms. The van der Waals surface area contributed by atoms with Gasteiger partial charge in [0.25, 0.3) is 5.56 Å². The molecule has 0 unspecified atom stereocenters. The lowest BCUT2D eigenvalue weighted by molar-refractivity contribution is 0.876. The van der Waals surface area contributed by atoms with E-state index in [0.717, 1.165) is 11.4 Å². The summed E-state index contributed by atoms with van der Waals surface area (Å²) >= 11 is 0. The molecule has 25 heavy (non-hydrogen) atoms. The molecule has 0 atom stereocenters. The van der Waals surface area contributed by atoms with E-state index in [4.69, 9.17) is 5.73 Å². The number of hydrogen-bond acceptors (Lipinski definition) is 5. The van der Waals surface area contributed by atoms with E-state index < -0.39 is 0 Å². The van der Waals surface area contributed by atoms with E-state index in [-0.39, 0.29) is 5.56 Å². The van der Waals surface area contributed by atoms with Crippen LogP contribution >= 0.6 is 0 Å². The maximum atomic E-state index is 12.3. The molecule has 7 nitrogen and oxygen atoms in total. The second-order valence-corrected chi connectivity index (χ2v) is 5.58. The molecule has 0 spiro atoms. The van der Waals surface area contributed by atoms with E-state index >= 15 is 0 Å². The first kappa shape index (κ1) is 14.9. The minimum Gasteiger partial charge on any atom is -0.397 e. The Labute approximate surface area is 143 Å². The van der Waals surface area contributed by atoms with Crippen LogP contribution in [0.2, 0.25) is 0 Å². The highest BCUT2D eigenvalue weighted by Gasteiger charge is 2.11. The number of nitrogen functional groups attached to an aromatic ring is 1. The van der Waals surface area contributed by atoms with Crippen molar-refractivity contribution in [3.05, 3.63) is 77.0 Å². The van der Waals surface area contributed by atoms with Crippen molar-refractivity contribution in [1.82, 2.24) is 19.7 Å². The summed E-state index contributed by atoms with van der Waals surface area (Å²) in [5, 5.41) is 7.93. The van der Waals surface area contributed by atoms with E-state index in [1.165, 1.54) is 6.20 Å². The lowest BCUT2D eigenvalue weighted by atomic mass is 10.2. The lowest BCUT2D eigenvalue weighted by Gasteiger charge is -2.09. The van der Waals surface area contributed by atoms with Gasteiger partial charge in [0.1, 0.15) is 11.2 Å². The third-order valence-electron chi connectivity index (χ3n) is 3.89. The molecule has 4 N–H and O–H groups in total. The van der Waals surface area contributed by atoms with Gasteiger partial charge in [-0.1, -0.05) is 30.3 Å². The molecule has 2 heterocycles. The van der Waals surface area contributed by atoms with Gasteiger partial charge >= 0.3 is 0 Å². The summed E-state index contributed by atoms with van der Waals surface area (Å²) in [6.07, 6.45) is 1.53. The number of rotatable bonds is 4. The van der Waals surface area contributed by atoms with Crippen molar-refractivity contribution in [1.29, 1.82) is 0 Å². The van der Waals surface area contributed by atoms with Crippen LogP contribution in [-0.4, -0.2) is 19.7 Å². The van der Waals surface area contributed by atoms with Crippen LogP contribution in [0.3, 0.4) is 0 Å². The fourth-order valence-corrected chi connectivity index (χ4v) is 2.64. The summed E-state index contributed by atoms with van der Waals surface area (Å²) < 4.78 is 1.66. The molecule has 0 radical (unpaired) electrons. The van der Waals surface area contributed by atoms with E-state index in [2.05, 4.69) is 20.4 Å². The number of nitrogens with zero attached hydrogens (tertiary/aromatic N) is 3. The predicted molar refractivity (Wildman–Crippen MR) is 97.7 cm³/mol. The zero-order chi connectivity index (χ0) is 17.2. The van der Waals surface area contributed by atoms with Crippen molar-refractivity contribution >= 4 is 22.4 Å². The Bertz CT molecular complexity index is 1080. The van der Waals surface area contributed by atoms with Gasteiger partial charge in [-0.3, -0.25) is 4.79 Å². The monoisotopic (exact) mass is 332 g/mol. The number of nitrogens with one attached hydrogen (secondary N) is 2. The van der Waals surface area contributed by atoms with Crippen LogP contribution in [0, 0.1) is 0 Å². The topological polar surface area (TPSA) is 102 Å². The van der Waals surface area contributed by atoms with Gasteiger partial charge in [-0.25, -0.2) is 9.67 Å². The smallest absolute Gasteiger partial charge is 0.262 e. The van der Waals surface area contributed by atoms with Gasteiger partial charge in [-0.05, 0) is 24.3 Å². The Morgan fingerprint density at radius 1 is 1.08 bits per heavy atom. The minimum absolute atomic E-state index is 0.218. The molecule has 0 saturated carbocycles. The summed E-state index contributed by atoms with van der Waals surface area (Å²) in [7, 11) is 0. The Morgan fingerprint density at radius 2 is 1.84 bits per heavy atom. The van der Waals surface area contributed by atoms with Gasteiger partial charge in [0.15, 0.2) is 5.65 Å². The summed E-state index contributed by atoms with van der Waals surface area (Å²) in [6, 6.07) is 17.0. The Balaban J connectivity index is 1.71. The Kier molecular flexibility index (Phi) is 3.66. The predicted octanol–water partition coefficient (Wildman–Crippen LogP) is 2.30. The number of para-hydroxylation sites is 3. The van der Waals surface area contributed by atoms with Gasteiger partial charge in [0, 0.05) is 0 Å². The second kappa shape index (κ2) is 6.12. The zero-order valence-electron chi connectivity index (χ0n) is 13.3. The summed E-state index contributed by atoms with van der Waals surface area (Å²) in [4.78, 5) is 19.7. The number of nitrogens with two attached hydrogens (primary N) is 1. The third kappa shape index (κ3) is 2.83. The van der Waals surface area contributed by atoms with E-state index in [9.17, 15) is 4.79 Å². The largest absolute Gasteiger partial charge is 0.397 e. The molecule has 0 aliphatic heterocycles. The maximum Gasteiger partial charge on any atom is 0.262 e. The Morgan fingerprint density at radius 3 is 2.64 bits per heavy atom.